The van der Waals surface area contributed by atoms with Crippen LogP contribution in [0.1, 0.15) is 39.7 Å². The highest BCUT2D eigenvalue weighted by Gasteiger charge is 2.53. The predicted octanol–water partition coefficient (Wildman–Crippen LogP) is 4.61. The topological polar surface area (TPSA) is 46.2 Å². The summed E-state index contributed by atoms with van der Waals surface area (Å²) < 4.78 is 43.5. The van der Waals surface area contributed by atoms with Crippen molar-refractivity contribution in [3.8, 4) is 11.5 Å². The Bertz CT molecular complexity index is 691. The molecule has 1 aliphatic heterocycles. The van der Waals surface area contributed by atoms with Crippen LogP contribution in [-0.2, 0) is 14.0 Å². The van der Waals surface area contributed by atoms with Gasteiger partial charge < -0.3 is 23.5 Å². The summed E-state index contributed by atoms with van der Waals surface area (Å²) in [6, 6.07) is 5.26. The molecule has 0 unspecified atom stereocenters. The molecule has 1 aliphatic rings. The van der Waals surface area contributed by atoms with Crippen molar-refractivity contribution in [2.45, 2.75) is 45.3 Å². The Hall–Kier alpha value is -1.83. The Morgan fingerprint density at radius 3 is 2.07 bits per heavy atom. The van der Waals surface area contributed by atoms with Crippen LogP contribution >= 0.6 is 0 Å². The molecule has 1 saturated heterocycles. The highest BCUT2D eigenvalue weighted by Crippen LogP contribution is 2.41. The number of hydrogen-bond acceptors (Lipinski definition) is 5. The van der Waals surface area contributed by atoms with Crippen LogP contribution in [0.25, 0.3) is 5.57 Å². The fourth-order valence-corrected chi connectivity index (χ4v) is 2.81. The van der Waals surface area contributed by atoms with Crippen molar-refractivity contribution >= 4 is 12.7 Å². The second-order valence-corrected chi connectivity index (χ2v) is 7.63. The van der Waals surface area contributed by atoms with Gasteiger partial charge in [-0.25, -0.2) is 4.39 Å². The maximum atomic E-state index is 15.6. The van der Waals surface area contributed by atoms with E-state index < -0.39 is 24.0 Å². The van der Waals surface area contributed by atoms with Crippen LogP contribution in [0, 0.1) is 0 Å². The Labute approximate surface area is 167 Å². The molecule has 1 aromatic carbocycles. The zero-order chi connectivity index (χ0) is 20.9. The van der Waals surface area contributed by atoms with Crippen molar-refractivity contribution in [3.63, 3.8) is 0 Å². The van der Waals surface area contributed by atoms with E-state index in [1.807, 2.05) is 27.7 Å². The van der Waals surface area contributed by atoms with Crippen LogP contribution in [0.4, 0.5) is 4.39 Å². The second-order valence-electron chi connectivity index (χ2n) is 7.63. The maximum absolute atomic E-state index is 15.6. The molecule has 1 heterocycles. The molecular weight excluding hydrogens is 362 g/mol. The van der Waals surface area contributed by atoms with Crippen molar-refractivity contribution in [2.75, 3.05) is 27.4 Å². The third-order valence-corrected chi connectivity index (χ3v) is 5.18. The van der Waals surface area contributed by atoms with E-state index in [1.165, 1.54) is 0 Å². The normalized spacial score (nSPS) is 18.6. The van der Waals surface area contributed by atoms with Crippen LogP contribution in [-0.4, -0.2) is 45.8 Å². The lowest BCUT2D eigenvalue weighted by molar-refractivity contribution is 0.00578. The lowest BCUT2D eigenvalue weighted by Gasteiger charge is -2.32. The summed E-state index contributed by atoms with van der Waals surface area (Å²) in [6.45, 7) is 11.9. The first-order valence-corrected chi connectivity index (χ1v) is 9.31. The lowest BCUT2D eigenvalue weighted by Crippen LogP contribution is -2.41. The molecule has 0 aliphatic carbocycles. The maximum Gasteiger partial charge on any atom is 0.525 e. The Kier molecular flexibility index (Phi) is 7.31. The molecule has 5 nitrogen and oxygen atoms in total. The quantitative estimate of drug-likeness (QED) is 0.349. The lowest BCUT2D eigenvalue weighted by atomic mass is 9.81. The van der Waals surface area contributed by atoms with Gasteiger partial charge in [0.05, 0.1) is 38.6 Å². The van der Waals surface area contributed by atoms with Gasteiger partial charge in [0.15, 0.2) is 0 Å². The molecule has 2 rings (SSSR count). The summed E-state index contributed by atoms with van der Waals surface area (Å²) in [4.78, 5) is 0. The largest absolute Gasteiger partial charge is 0.525 e. The summed E-state index contributed by atoms with van der Waals surface area (Å²) in [6.07, 6.45) is 1.99. The first kappa shape index (κ1) is 22.5. The van der Waals surface area contributed by atoms with E-state index in [1.54, 1.807) is 38.5 Å². The van der Waals surface area contributed by atoms with Crippen molar-refractivity contribution in [3.05, 3.63) is 42.1 Å². The number of methoxy groups -OCH3 is 2. The monoisotopic (exact) mass is 392 g/mol. The molecule has 0 radical (unpaired) electrons. The minimum Gasteiger partial charge on any atom is -0.497 e. The highest BCUT2D eigenvalue weighted by molar-refractivity contribution is 6.55. The molecule has 154 valence electrons. The predicted molar refractivity (Wildman–Crippen MR) is 109 cm³/mol. The first-order chi connectivity index (χ1) is 13.1. The van der Waals surface area contributed by atoms with Crippen molar-refractivity contribution in [2.24, 2.45) is 0 Å². The molecule has 0 amide bonds. The smallest absolute Gasteiger partial charge is 0.497 e. The molecule has 1 fully saturated rings. The average Bonchev–Trinajstić information content (AvgIpc) is 2.88. The summed E-state index contributed by atoms with van der Waals surface area (Å²) in [7, 11) is 2.02. The average molecular weight is 392 g/mol. The molecule has 0 aromatic heterocycles. The van der Waals surface area contributed by atoms with Gasteiger partial charge in [-0.3, -0.25) is 0 Å². The highest BCUT2D eigenvalue weighted by atomic mass is 19.1. The van der Waals surface area contributed by atoms with Gasteiger partial charge in [-0.15, -0.1) is 6.58 Å². The second kappa shape index (κ2) is 9.12. The number of halogens is 1. The zero-order valence-electron chi connectivity index (χ0n) is 17.6. The van der Waals surface area contributed by atoms with Crippen LogP contribution in [0.2, 0.25) is 0 Å². The molecule has 0 atom stereocenters. The SMILES string of the molecule is C=CCOCCC(=C(F)B1OC(C)(C)C(C)(C)O1)c1cc(OC)cc(OC)c1. The van der Waals surface area contributed by atoms with Gasteiger partial charge in [0.2, 0.25) is 0 Å². The molecule has 0 bridgehead atoms. The molecular formula is C21H30BFO5. The summed E-state index contributed by atoms with van der Waals surface area (Å²) in [5.41, 5.74) is -0.682. The van der Waals surface area contributed by atoms with Gasteiger partial charge in [-0.2, -0.15) is 0 Å². The number of benzene rings is 1. The van der Waals surface area contributed by atoms with Crippen LogP contribution in [0.3, 0.4) is 0 Å². The van der Waals surface area contributed by atoms with E-state index in [-0.39, 0.29) is 0 Å². The Morgan fingerprint density at radius 1 is 1.07 bits per heavy atom. The van der Waals surface area contributed by atoms with Gasteiger partial charge in [0.1, 0.15) is 17.2 Å². The standard InChI is InChI=1S/C21H30BFO5/c1-8-10-26-11-9-18(15-12-16(24-6)14-17(13-15)25-7)19(23)22-27-20(2,3)21(4,5)28-22/h8,12-14H,1,9-11H2,2-7H3. The first-order valence-electron chi connectivity index (χ1n) is 9.31. The Morgan fingerprint density at radius 2 is 1.61 bits per heavy atom. The third-order valence-electron chi connectivity index (χ3n) is 5.18. The minimum atomic E-state index is -1.09. The van der Waals surface area contributed by atoms with E-state index in [4.69, 9.17) is 23.5 Å². The molecule has 0 saturated carbocycles. The van der Waals surface area contributed by atoms with Crippen LogP contribution < -0.4 is 9.47 Å². The number of hydrogen-bond donors (Lipinski definition) is 0. The summed E-state index contributed by atoms with van der Waals surface area (Å²) in [5.74, 6) is 1.14. The zero-order valence-corrected chi connectivity index (χ0v) is 17.6. The molecule has 28 heavy (non-hydrogen) atoms. The van der Waals surface area contributed by atoms with Crippen LogP contribution in [0.5, 0.6) is 11.5 Å². The van der Waals surface area contributed by atoms with Gasteiger partial charge in [0.25, 0.3) is 0 Å². The molecule has 1 aromatic rings. The summed E-state index contributed by atoms with van der Waals surface area (Å²) >= 11 is 0. The number of ether oxygens (including phenoxy) is 3. The van der Waals surface area contributed by atoms with E-state index in [0.29, 0.717) is 42.3 Å². The van der Waals surface area contributed by atoms with Crippen molar-refractivity contribution < 1.29 is 27.9 Å². The molecule has 7 heteroatoms. The van der Waals surface area contributed by atoms with Crippen molar-refractivity contribution in [1.82, 2.24) is 0 Å². The minimum absolute atomic E-state index is 0.327. The fourth-order valence-electron chi connectivity index (χ4n) is 2.81. The molecule has 0 spiro atoms. The van der Waals surface area contributed by atoms with Gasteiger partial charge in [-0.05, 0) is 57.4 Å². The number of rotatable bonds is 9. The fraction of sp³-hybridized carbons (Fsp3) is 0.524. The van der Waals surface area contributed by atoms with E-state index in [9.17, 15) is 0 Å². The van der Waals surface area contributed by atoms with E-state index in [2.05, 4.69) is 6.58 Å². The van der Waals surface area contributed by atoms with Crippen molar-refractivity contribution in [1.29, 1.82) is 0 Å². The molecule has 0 N–H and O–H groups in total. The van der Waals surface area contributed by atoms with Crippen LogP contribution in [0.15, 0.2) is 36.6 Å². The van der Waals surface area contributed by atoms with Gasteiger partial charge in [-0.1, -0.05) is 6.08 Å². The van der Waals surface area contributed by atoms with Gasteiger partial charge in [0, 0.05) is 6.07 Å². The summed E-state index contributed by atoms with van der Waals surface area (Å²) in [5, 5.41) is 0. The third kappa shape index (κ3) is 4.96. The van der Waals surface area contributed by atoms with Gasteiger partial charge >= 0.3 is 7.12 Å². The van der Waals surface area contributed by atoms with E-state index in [0.717, 1.165) is 0 Å². The van der Waals surface area contributed by atoms with E-state index >= 15 is 4.39 Å². The Balaban J connectivity index is 2.44.